The topological polar surface area (TPSA) is 99.2 Å². The lowest BCUT2D eigenvalue weighted by molar-refractivity contribution is -0.130. The Morgan fingerprint density at radius 3 is 2.73 bits per heavy atom. The van der Waals surface area contributed by atoms with Crippen molar-refractivity contribution in [1.82, 2.24) is 24.4 Å². The largest absolute Gasteiger partial charge is 0.497 e. The Morgan fingerprint density at radius 2 is 2.06 bits per heavy atom. The average molecular weight is 451 g/mol. The van der Waals surface area contributed by atoms with Gasteiger partial charge < -0.3 is 19.9 Å². The van der Waals surface area contributed by atoms with E-state index in [9.17, 15) is 9.18 Å². The van der Waals surface area contributed by atoms with Crippen molar-refractivity contribution in [3.63, 3.8) is 0 Å². The molecule has 1 aliphatic rings. The van der Waals surface area contributed by atoms with Crippen LogP contribution in [-0.4, -0.2) is 50.5 Å². The average Bonchev–Trinajstić information content (AvgIpc) is 3.15. The van der Waals surface area contributed by atoms with E-state index in [1.807, 2.05) is 27.7 Å². The number of hydrogen-bond acceptors (Lipinski definition) is 6. The highest BCUT2D eigenvalue weighted by Crippen LogP contribution is 2.27. The number of nitrogen functional groups attached to an aromatic ring is 1. The SMILES string of the molecule is C#Cc1ccc(OC)cc1Cc1nc2c(N)nc(F)nc2n1CCC1CCN(C(C)=O)CC1. The fourth-order valence-electron chi connectivity index (χ4n) is 4.41. The number of ether oxygens (including phenoxy) is 1. The Labute approximate surface area is 192 Å². The number of benzene rings is 1. The van der Waals surface area contributed by atoms with Gasteiger partial charge in [0.1, 0.15) is 11.6 Å². The zero-order chi connectivity index (χ0) is 23.5. The van der Waals surface area contributed by atoms with Crippen molar-refractivity contribution in [3.8, 4) is 18.1 Å². The molecular formula is C24H27FN6O2. The van der Waals surface area contributed by atoms with Gasteiger partial charge in [-0.15, -0.1) is 6.42 Å². The van der Waals surface area contributed by atoms with Crippen LogP contribution in [0.5, 0.6) is 5.75 Å². The van der Waals surface area contributed by atoms with Gasteiger partial charge in [0.15, 0.2) is 17.0 Å². The number of rotatable bonds is 6. The van der Waals surface area contributed by atoms with Crippen molar-refractivity contribution >= 4 is 22.9 Å². The van der Waals surface area contributed by atoms with Crippen molar-refractivity contribution in [2.24, 2.45) is 5.92 Å². The van der Waals surface area contributed by atoms with Gasteiger partial charge in [-0.2, -0.15) is 14.4 Å². The number of fused-ring (bicyclic) bond motifs is 1. The van der Waals surface area contributed by atoms with E-state index in [1.54, 1.807) is 14.0 Å². The number of carbonyl (C=O) groups excluding carboxylic acids is 1. The van der Waals surface area contributed by atoms with Gasteiger partial charge >= 0.3 is 6.08 Å². The number of anilines is 1. The van der Waals surface area contributed by atoms with Crippen LogP contribution in [0.4, 0.5) is 10.2 Å². The second-order valence-corrected chi connectivity index (χ2v) is 8.31. The van der Waals surface area contributed by atoms with E-state index in [0.29, 0.717) is 41.6 Å². The van der Waals surface area contributed by atoms with E-state index < -0.39 is 6.08 Å². The van der Waals surface area contributed by atoms with Crippen LogP contribution in [0.3, 0.4) is 0 Å². The van der Waals surface area contributed by atoms with Gasteiger partial charge in [-0.1, -0.05) is 5.92 Å². The van der Waals surface area contributed by atoms with Crippen molar-refractivity contribution in [2.75, 3.05) is 25.9 Å². The van der Waals surface area contributed by atoms with Gasteiger partial charge in [-0.05, 0) is 48.9 Å². The van der Waals surface area contributed by atoms with Gasteiger partial charge in [0.2, 0.25) is 5.91 Å². The first kappa shape index (κ1) is 22.5. The van der Waals surface area contributed by atoms with Crippen LogP contribution in [0.15, 0.2) is 18.2 Å². The van der Waals surface area contributed by atoms with Crippen LogP contribution in [-0.2, 0) is 17.8 Å². The molecule has 1 aromatic carbocycles. The molecule has 0 unspecified atom stereocenters. The number of methoxy groups -OCH3 is 1. The summed E-state index contributed by atoms with van der Waals surface area (Å²) in [6, 6.07) is 5.53. The summed E-state index contributed by atoms with van der Waals surface area (Å²) < 4.78 is 21.3. The van der Waals surface area contributed by atoms with Crippen LogP contribution >= 0.6 is 0 Å². The zero-order valence-electron chi connectivity index (χ0n) is 18.8. The second kappa shape index (κ2) is 9.45. The molecule has 4 rings (SSSR count). The standard InChI is InChI=1S/C24H27FN6O2/c1-4-17-5-6-19(33-3)13-18(17)14-20-27-21-22(26)28-24(25)29-23(21)31(20)12-9-16-7-10-30(11-8-16)15(2)32/h1,5-6,13,16H,7-12,14H2,2-3H3,(H2,26,28,29). The Bertz CT molecular complexity index is 1220. The zero-order valence-corrected chi connectivity index (χ0v) is 18.8. The first-order valence-corrected chi connectivity index (χ1v) is 11.0. The molecule has 0 aliphatic carbocycles. The number of nitrogens with zero attached hydrogens (tertiary/aromatic N) is 5. The van der Waals surface area contributed by atoms with Gasteiger partial charge in [-0.3, -0.25) is 4.79 Å². The molecule has 1 aliphatic heterocycles. The second-order valence-electron chi connectivity index (χ2n) is 8.31. The van der Waals surface area contributed by atoms with E-state index in [1.165, 1.54) is 0 Å². The number of halogens is 1. The van der Waals surface area contributed by atoms with Crippen molar-refractivity contribution in [1.29, 1.82) is 0 Å². The summed E-state index contributed by atoms with van der Waals surface area (Å²) in [6.07, 6.45) is 7.96. The predicted molar refractivity (Wildman–Crippen MR) is 123 cm³/mol. The number of piperidine rings is 1. The molecule has 2 aromatic heterocycles. The van der Waals surface area contributed by atoms with E-state index >= 15 is 0 Å². The number of nitrogens with two attached hydrogens (primary N) is 1. The summed E-state index contributed by atoms with van der Waals surface area (Å²) in [5.74, 6) is 4.65. The Hall–Kier alpha value is -3.67. The molecule has 0 atom stereocenters. The fraction of sp³-hybridized carbons (Fsp3) is 0.417. The lowest BCUT2D eigenvalue weighted by Crippen LogP contribution is -2.37. The number of amides is 1. The Morgan fingerprint density at radius 1 is 1.30 bits per heavy atom. The third-order valence-corrected chi connectivity index (χ3v) is 6.31. The minimum absolute atomic E-state index is 0.00934. The van der Waals surface area contributed by atoms with Crippen LogP contribution in [0.25, 0.3) is 11.2 Å². The minimum Gasteiger partial charge on any atom is -0.497 e. The summed E-state index contributed by atoms with van der Waals surface area (Å²) in [6.45, 7) is 3.72. The molecule has 0 bridgehead atoms. The molecule has 33 heavy (non-hydrogen) atoms. The third kappa shape index (κ3) is 4.75. The molecule has 0 saturated carbocycles. The van der Waals surface area contributed by atoms with E-state index in [-0.39, 0.29) is 11.7 Å². The van der Waals surface area contributed by atoms with Crippen LogP contribution in [0.2, 0.25) is 0 Å². The molecule has 1 amide bonds. The van der Waals surface area contributed by atoms with E-state index in [4.69, 9.17) is 16.9 Å². The van der Waals surface area contributed by atoms with Crippen molar-refractivity contribution in [2.45, 2.75) is 39.2 Å². The molecule has 3 aromatic rings. The van der Waals surface area contributed by atoms with E-state index in [2.05, 4.69) is 20.9 Å². The van der Waals surface area contributed by atoms with Gasteiger partial charge in [0, 0.05) is 38.5 Å². The number of terminal acetylenes is 1. The summed E-state index contributed by atoms with van der Waals surface area (Å²) in [5.41, 5.74) is 8.32. The maximum atomic E-state index is 14.0. The summed E-state index contributed by atoms with van der Waals surface area (Å²) in [5, 5.41) is 0. The maximum Gasteiger partial charge on any atom is 0.312 e. The number of hydrogen-bond donors (Lipinski definition) is 1. The van der Waals surface area contributed by atoms with Crippen molar-refractivity contribution < 1.29 is 13.9 Å². The molecule has 1 fully saturated rings. The smallest absolute Gasteiger partial charge is 0.312 e. The normalized spacial score (nSPS) is 14.4. The highest BCUT2D eigenvalue weighted by atomic mass is 19.1. The monoisotopic (exact) mass is 450 g/mol. The molecule has 8 nitrogen and oxygen atoms in total. The Kier molecular flexibility index (Phi) is 6.45. The van der Waals surface area contributed by atoms with Crippen LogP contribution < -0.4 is 10.5 Å². The van der Waals surface area contributed by atoms with Gasteiger partial charge in [0.05, 0.1) is 7.11 Å². The number of likely N-dealkylation sites (tertiary alicyclic amines) is 1. The van der Waals surface area contributed by atoms with Crippen LogP contribution in [0.1, 0.15) is 43.1 Å². The number of carbonyl (C=O) groups is 1. The summed E-state index contributed by atoms with van der Waals surface area (Å²) >= 11 is 0. The molecule has 0 spiro atoms. The Balaban J connectivity index is 1.65. The number of aryl methyl sites for hydroxylation is 1. The number of aromatic nitrogens is 4. The molecule has 0 radical (unpaired) electrons. The third-order valence-electron chi connectivity index (χ3n) is 6.31. The first-order valence-electron chi connectivity index (χ1n) is 11.0. The molecule has 2 N–H and O–H groups in total. The fourth-order valence-corrected chi connectivity index (χ4v) is 4.41. The maximum absolute atomic E-state index is 14.0. The van der Waals surface area contributed by atoms with Gasteiger partial charge in [0.25, 0.3) is 0 Å². The van der Waals surface area contributed by atoms with Crippen LogP contribution in [0, 0.1) is 24.3 Å². The van der Waals surface area contributed by atoms with Gasteiger partial charge in [-0.25, -0.2) is 4.98 Å². The summed E-state index contributed by atoms with van der Waals surface area (Å²) in [4.78, 5) is 25.8. The highest BCUT2D eigenvalue weighted by molar-refractivity contribution is 5.82. The quantitative estimate of drug-likeness (QED) is 0.458. The minimum atomic E-state index is -0.881. The number of imidazole rings is 1. The lowest BCUT2D eigenvalue weighted by Gasteiger charge is -2.31. The molecule has 3 heterocycles. The lowest BCUT2D eigenvalue weighted by atomic mass is 9.93. The molecule has 9 heteroatoms. The molecule has 172 valence electrons. The molecular weight excluding hydrogens is 423 g/mol. The summed E-state index contributed by atoms with van der Waals surface area (Å²) in [7, 11) is 1.60. The molecule has 1 saturated heterocycles. The predicted octanol–water partition coefficient (Wildman–Crippen LogP) is 2.78. The van der Waals surface area contributed by atoms with E-state index in [0.717, 1.165) is 43.5 Å². The van der Waals surface area contributed by atoms with Crippen molar-refractivity contribution in [3.05, 3.63) is 41.2 Å². The highest BCUT2D eigenvalue weighted by Gasteiger charge is 2.23. The first-order chi connectivity index (χ1) is 15.9.